The summed E-state index contributed by atoms with van der Waals surface area (Å²) in [7, 11) is 0. The van der Waals surface area contributed by atoms with Gasteiger partial charge < -0.3 is 5.73 Å². The fourth-order valence-electron chi connectivity index (χ4n) is 1.92. The molecular weight excluding hydrogens is 262 g/mol. The van der Waals surface area contributed by atoms with Crippen LogP contribution in [0.3, 0.4) is 0 Å². The van der Waals surface area contributed by atoms with Crippen molar-refractivity contribution in [3.63, 3.8) is 0 Å². The Labute approximate surface area is 113 Å². The van der Waals surface area contributed by atoms with Crippen LogP contribution in [0.1, 0.15) is 11.1 Å². The van der Waals surface area contributed by atoms with Crippen molar-refractivity contribution in [3.05, 3.63) is 73.8 Å². The molecule has 102 valence electrons. The van der Waals surface area contributed by atoms with Crippen LogP contribution in [0.4, 0.5) is 17.1 Å². The van der Waals surface area contributed by atoms with Crippen LogP contribution in [0.15, 0.2) is 42.5 Å². The fraction of sp³-hybridized carbons (Fsp3) is 0.0769. The minimum atomic E-state index is -0.699. The molecule has 0 aliphatic heterocycles. The molecule has 0 atom stereocenters. The van der Waals surface area contributed by atoms with Crippen molar-refractivity contribution in [1.29, 1.82) is 0 Å². The maximum absolute atomic E-state index is 11.1. The zero-order valence-corrected chi connectivity index (χ0v) is 10.4. The molecular formula is C13H11N3O4. The van der Waals surface area contributed by atoms with Gasteiger partial charge in [-0.1, -0.05) is 30.3 Å². The number of nitrogens with zero attached hydrogens (tertiary/aromatic N) is 2. The highest BCUT2D eigenvalue weighted by Gasteiger charge is 2.22. The first-order valence-corrected chi connectivity index (χ1v) is 5.74. The summed E-state index contributed by atoms with van der Waals surface area (Å²) in [4.78, 5) is 20.4. The zero-order chi connectivity index (χ0) is 14.7. The van der Waals surface area contributed by atoms with E-state index in [4.69, 9.17) is 5.73 Å². The molecule has 0 radical (unpaired) electrons. The number of rotatable bonds is 4. The molecule has 0 aliphatic rings. The highest BCUT2D eigenvalue weighted by molar-refractivity contribution is 5.65. The number of hydrogen-bond donors (Lipinski definition) is 1. The van der Waals surface area contributed by atoms with E-state index in [0.29, 0.717) is 0 Å². The summed E-state index contributed by atoms with van der Waals surface area (Å²) in [5.41, 5.74) is 6.20. The van der Waals surface area contributed by atoms with Crippen molar-refractivity contribution >= 4 is 17.1 Å². The first-order valence-electron chi connectivity index (χ1n) is 5.74. The summed E-state index contributed by atoms with van der Waals surface area (Å²) in [5, 5.41) is 21.8. The van der Waals surface area contributed by atoms with Gasteiger partial charge in [0.25, 0.3) is 11.4 Å². The standard InChI is InChI=1S/C13H11N3O4/c14-12-7-10(15(17)18)8-13(16(19)20)11(12)6-9-4-2-1-3-5-9/h1-5,7-8H,6,14H2. The van der Waals surface area contributed by atoms with E-state index in [1.165, 1.54) is 0 Å². The van der Waals surface area contributed by atoms with Crippen LogP contribution >= 0.6 is 0 Å². The maximum Gasteiger partial charge on any atom is 0.281 e. The molecule has 0 aromatic heterocycles. The second-order valence-corrected chi connectivity index (χ2v) is 4.21. The molecule has 0 unspecified atom stereocenters. The van der Waals surface area contributed by atoms with Crippen LogP contribution in [-0.2, 0) is 6.42 Å². The Morgan fingerprint density at radius 3 is 2.20 bits per heavy atom. The zero-order valence-electron chi connectivity index (χ0n) is 10.4. The van der Waals surface area contributed by atoms with Crippen molar-refractivity contribution in [2.24, 2.45) is 0 Å². The number of anilines is 1. The molecule has 0 spiro atoms. The topological polar surface area (TPSA) is 112 Å². The molecule has 2 N–H and O–H groups in total. The lowest BCUT2D eigenvalue weighted by molar-refractivity contribution is -0.394. The SMILES string of the molecule is Nc1cc([N+](=O)[O-])cc([N+](=O)[O-])c1Cc1ccccc1. The van der Waals surface area contributed by atoms with Crippen LogP contribution in [0.25, 0.3) is 0 Å². The van der Waals surface area contributed by atoms with Gasteiger partial charge >= 0.3 is 0 Å². The Morgan fingerprint density at radius 1 is 1.00 bits per heavy atom. The molecule has 7 heteroatoms. The van der Waals surface area contributed by atoms with Crippen molar-refractivity contribution in [2.45, 2.75) is 6.42 Å². The lowest BCUT2D eigenvalue weighted by atomic mass is 10.0. The quantitative estimate of drug-likeness (QED) is 0.522. The van der Waals surface area contributed by atoms with Crippen LogP contribution in [0, 0.1) is 20.2 Å². The number of benzene rings is 2. The van der Waals surface area contributed by atoms with Crippen LogP contribution in [-0.4, -0.2) is 9.85 Å². The Balaban J connectivity index is 2.51. The molecule has 0 aliphatic carbocycles. The fourth-order valence-corrected chi connectivity index (χ4v) is 1.92. The van der Waals surface area contributed by atoms with Crippen LogP contribution < -0.4 is 5.73 Å². The van der Waals surface area contributed by atoms with E-state index in [9.17, 15) is 20.2 Å². The second kappa shape index (κ2) is 5.35. The molecule has 0 amide bonds. The molecule has 20 heavy (non-hydrogen) atoms. The molecule has 7 nitrogen and oxygen atoms in total. The Morgan fingerprint density at radius 2 is 1.65 bits per heavy atom. The van der Waals surface area contributed by atoms with Gasteiger partial charge in [0, 0.05) is 18.2 Å². The van der Waals surface area contributed by atoms with Crippen LogP contribution in [0.2, 0.25) is 0 Å². The molecule has 2 rings (SSSR count). The monoisotopic (exact) mass is 273 g/mol. The molecule has 0 heterocycles. The van der Waals surface area contributed by atoms with Crippen molar-refractivity contribution < 1.29 is 9.85 Å². The average molecular weight is 273 g/mol. The summed E-state index contributed by atoms with van der Waals surface area (Å²) in [6, 6.07) is 11.2. The smallest absolute Gasteiger partial charge is 0.281 e. The average Bonchev–Trinajstić information content (AvgIpc) is 2.41. The van der Waals surface area contributed by atoms with Gasteiger partial charge in [0.15, 0.2) is 0 Å². The maximum atomic E-state index is 11.1. The molecule has 2 aromatic rings. The predicted molar refractivity (Wildman–Crippen MR) is 73.4 cm³/mol. The number of non-ortho nitro benzene ring substituents is 1. The first kappa shape index (κ1) is 13.5. The second-order valence-electron chi connectivity index (χ2n) is 4.21. The van der Waals surface area contributed by atoms with Crippen molar-refractivity contribution in [2.75, 3.05) is 5.73 Å². The number of nitrogens with two attached hydrogens (primary N) is 1. The Hall–Kier alpha value is -2.96. The predicted octanol–water partition coefficient (Wildman–Crippen LogP) is 2.68. The number of nitrogen functional groups attached to an aromatic ring is 1. The number of nitro benzene ring substituents is 2. The third kappa shape index (κ3) is 2.72. The van der Waals surface area contributed by atoms with Crippen molar-refractivity contribution in [3.8, 4) is 0 Å². The minimum Gasteiger partial charge on any atom is -0.398 e. The summed E-state index contributed by atoms with van der Waals surface area (Å²) in [6.07, 6.45) is 0.251. The number of nitro groups is 2. The molecule has 0 saturated carbocycles. The highest BCUT2D eigenvalue weighted by atomic mass is 16.6. The van der Waals surface area contributed by atoms with E-state index in [0.717, 1.165) is 17.7 Å². The number of hydrogen-bond acceptors (Lipinski definition) is 5. The van der Waals surface area contributed by atoms with E-state index in [2.05, 4.69) is 0 Å². The molecule has 0 bridgehead atoms. The summed E-state index contributed by atoms with van der Waals surface area (Å²) >= 11 is 0. The Kier molecular flexibility index (Phi) is 3.60. The van der Waals surface area contributed by atoms with Gasteiger partial charge in [0.1, 0.15) is 0 Å². The largest absolute Gasteiger partial charge is 0.398 e. The van der Waals surface area contributed by atoms with E-state index in [-0.39, 0.29) is 29.0 Å². The normalized spacial score (nSPS) is 10.2. The molecule has 2 aromatic carbocycles. The van der Waals surface area contributed by atoms with Gasteiger partial charge in [-0.2, -0.15) is 0 Å². The lowest BCUT2D eigenvalue weighted by Crippen LogP contribution is -2.03. The van der Waals surface area contributed by atoms with E-state index in [1.54, 1.807) is 0 Å². The van der Waals surface area contributed by atoms with Gasteiger partial charge in [-0.15, -0.1) is 0 Å². The van der Waals surface area contributed by atoms with Crippen LogP contribution in [0.5, 0.6) is 0 Å². The third-order valence-corrected chi connectivity index (χ3v) is 2.88. The summed E-state index contributed by atoms with van der Waals surface area (Å²) < 4.78 is 0. The van der Waals surface area contributed by atoms with Gasteiger partial charge in [-0.05, 0) is 5.56 Å². The Bertz CT molecular complexity index is 671. The van der Waals surface area contributed by atoms with Gasteiger partial charge in [-0.3, -0.25) is 20.2 Å². The van der Waals surface area contributed by atoms with E-state index < -0.39 is 9.85 Å². The first-order chi connectivity index (χ1) is 9.49. The summed E-state index contributed by atoms with van der Waals surface area (Å²) in [5.74, 6) is 0. The van der Waals surface area contributed by atoms with Crippen molar-refractivity contribution in [1.82, 2.24) is 0 Å². The van der Waals surface area contributed by atoms with Gasteiger partial charge in [-0.25, -0.2) is 0 Å². The molecule has 0 saturated heterocycles. The molecule has 0 fully saturated rings. The van der Waals surface area contributed by atoms with E-state index >= 15 is 0 Å². The minimum absolute atomic E-state index is 0.0507. The summed E-state index contributed by atoms with van der Waals surface area (Å²) in [6.45, 7) is 0. The van der Waals surface area contributed by atoms with Gasteiger partial charge in [0.2, 0.25) is 0 Å². The van der Waals surface area contributed by atoms with Gasteiger partial charge in [0.05, 0.1) is 21.5 Å². The lowest BCUT2D eigenvalue weighted by Gasteiger charge is -2.07. The highest BCUT2D eigenvalue weighted by Crippen LogP contribution is 2.32. The third-order valence-electron chi connectivity index (χ3n) is 2.88. The van der Waals surface area contributed by atoms with E-state index in [1.807, 2.05) is 30.3 Å².